The van der Waals surface area contributed by atoms with Crippen LogP contribution in [0.5, 0.6) is 0 Å². The number of carboxylic acid groups (broad SMARTS) is 3. The van der Waals surface area contributed by atoms with E-state index < -0.39 is 36.4 Å². The molecular weight excluding hydrogens is 551 g/mol. The summed E-state index contributed by atoms with van der Waals surface area (Å²) in [7, 11) is 0. The van der Waals surface area contributed by atoms with Gasteiger partial charge in [0.15, 0.2) is 5.60 Å². The van der Waals surface area contributed by atoms with Crippen molar-refractivity contribution < 1.29 is 39.2 Å². The third-order valence-electron chi connectivity index (χ3n) is 6.51. The van der Waals surface area contributed by atoms with E-state index in [-0.39, 0.29) is 5.82 Å². The number of hydrogen-bond donors (Lipinski definition) is 4. The van der Waals surface area contributed by atoms with Crippen LogP contribution in [0.15, 0.2) is 55.2 Å². The molecule has 0 amide bonds. The molecule has 13 nitrogen and oxygen atoms in total. The lowest BCUT2D eigenvalue weighted by molar-refractivity contribution is -0.170. The molecule has 1 fully saturated rings. The van der Waals surface area contributed by atoms with Crippen LogP contribution in [0.25, 0.3) is 0 Å². The molecule has 14 heteroatoms. The van der Waals surface area contributed by atoms with E-state index in [2.05, 4.69) is 24.3 Å². The lowest BCUT2D eigenvalue weighted by atomic mass is 9.96. The third-order valence-corrected chi connectivity index (χ3v) is 6.51. The number of carbonyl (C=O) groups is 3. The fourth-order valence-electron chi connectivity index (χ4n) is 4.49. The molecule has 1 aliphatic heterocycles. The molecule has 2 aromatic heterocycles. The number of halogens is 1. The highest BCUT2D eigenvalue weighted by atomic mass is 19.1. The number of aliphatic hydroxyl groups is 1. The van der Waals surface area contributed by atoms with Crippen molar-refractivity contribution in [1.29, 1.82) is 0 Å². The maximum atomic E-state index is 13.7. The first-order valence-corrected chi connectivity index (χ1v) is 13.4. The highest BCUT2D eigenvalue weighted by Gasteiger charge is 2.40. The minimum absolute atomic E-state index is 0.195. The van der Waals surface area contributed by atoms with Gasteiger partial charge in [-0.05, 0) is 43.0 Å². The van der Waals surface area contributed by atoms with Gasteiger partial charge in [-0.15, -0.1) is 0 Å². The van der Waals surface area contributed by atoms with Gasteiger partial charge in [-0.1, -0.05) is 12.1 Å². The van der Waals surface area contributed by atoms with Crippen molar-refractivity contribution in [3.63, 3.8) is 0 Å². The fraction of sp³-hybridized carbons (Fsp3) is 0.429. The van der Waals surface area contributed by atoms with E-state index in [1.807, 2.05) is 30.9 Å². The molecule has 4 N–H and O–H groups in total. The Labute approximate surface area is 241 Å². The number of benzene rings is 1. The Hall–Kier alpha value is -4.43. The standard InChI is InChI=1S/C22H27FN6.C6H8O7/c23-20-6-3-5-19(15-20)16-28(11-4-10-27-14-9-24-18-27)17-21-7-8-25-22(26-21)29-12-1-2-13-29;7-3(8)1-6(13,5(11)12)2-4(9)10/h3,5-9,14-15,18H,1-2,4,10-13,16-17H2;13H,1-2H2,(H,7,8)(H,9,10)(H,11,12). The van der Waals surface area contributed by atoms with Gasteiger partial charge in [0.2, 0.25) is 5.95 Å². The molecule has 42 heavy (non-hydrogen) atoms. The van der Waals surface area contributed by atoms with Crippen LogP contribution < -0.4 is 4.90 Å². The largest absolute Gasteiger partial charge is 0.481 e. The van der Waals surface area contributed by atoms with Gasteiger partial charge in [0.25, 0.3) is 0 Å². The topological polar surface area (TPSA) is 182 Å². The molecule has 0 radical (unpaired) electrons. The summed E-state index contributed by atoms with van der Waals surface area (Å²) in [5.41, 5.74) is -0.764. The zero-order chi connectivity index (χ0) is 30.5. The van der Waals surface area contributed by atoms with Gasteiger partial charge in [0, 0.05) is 57.9 Å². The highest BCUT2D eigenvalue weighted by Crippen LogP contribution is 2.18. The zero-order valence-corrected chi connectivity index (χ0v) is 23.0. The normalized spacial score (nSPS) is 13.1. The minimum Gasteiger partial charge on any atom is -0.481 e. The Kier molecular flexibility index (Phi) is 11.9. The molecule has 0 aliphatic carbocycles. The number of rotatable bonds is 14. The summed E-state index contributed by atoms with van der Waals surface area (Å²) in [5.74, 6) is -4.39. The summed E-state index contributed by atoms with van der Waals surface area (Å²) in [6.07, 6.45) is 8.56. The van der Waals surface area contributed by atoms with Gasteiger partial charge < -0.3 is 29.9 Å². The SMILES string of the molecule is Fc1cccc(CN(CCCn2ccnc2)Cc2ccnc(N3CCCC3)n2)c1.O=C(O)CC(O)(CC(=O)O)C(=O)O. The van der Waals surface area contributed by atoms with Gasteiger partial charge in [0.1, 0.15) is 5.82 Å². The Balaban J connectivity index is 0.000000316. The van der Waals surface area contributed by atoms with Crippen LogP contribution >= 0.6 is 0 Å². The van der Waals surface area contributed by atoms with Gasteiger partial charge in [0.05, 0.1) is 24.9 Å². The first-order valence-electron chi connectivity index (χ1n) is 13.4. The number of hydrogen-bond acceptors (Lipinski definition) is 9. The van der Waals surface area contributed by atoms with E-state index >= 15 is 0 Å². The first kappa shape index (κ1) is 32.1. The third kappa shape index (κ3) is 10.5. The van der Waals surface area contributed by atoms with Crippen molar-refractivity contribution in [1.82, 2.24) is 24.4 Å². The molecule has 1 saturated heterocycles. The van der Waals surface area contributed by atoms with Crippen LogP contribution in [0.3, 0.4) is 0 Å². The van der Waals surface area contributed by atoms with E-state index in [1.54, 1.807) is 18.3 Å². The summed E-state index contributed by atoms with van der Waals surface area (Å²) < 4.78 is 15.7. The van der Waals surface area contributed by atoms with Crippen LogP contribution in [0, 0.1) is 5.82 Å². The Morgan fingerprint density at radius 3 is 2.31 bits per heavy atom. The molecule has 0 saturated carbocycles. The number of aliphatic carboxylic acids is 3. The maximum absolute atomic E-state index is 13.7. The van der Waals surface area contributed by atoms with E-state index in [0.29, 0.717) is 13.1 Å². The quantitative estimate of drug-likeness (QED) is 0.217. The summed E-state index contributed by atoms with van der Waals surface area (Å²) in [4.78, 5) is 48.4. The Morgan fingerprint density at radius 1 is 1.00 bits per heavy atom. The van der Waals surface area contributed by atoms with Crippen LogP contribution in [0.4, 0.5) is 10.3 Å². The molecule has 1 aliphatic rings. The molecule has 0 atom stereocenters. The fourth-order valence-corrected chi connectivity index (χ4v) is 4.49. The first-order chi connectivity index (χ1) is 20.0. The second kappa shape index (κ2) is 15.5. The smallest absolute Gasteiger partial charge is 0.336 e. The number of carboxylic acids is 3. The number of aromatic nitrogens is 4. The lowest BCUT2D eigenvalue weighted by Gasteiger charge is -2.23. The van der Waals surface area contributed by atoms with Gasteiger partial charge in [-0.25, -0.2) is 24.1 Å². The monoisotopic (exact) mass is 586 g/mol. The zero-order valence-electron chi connectivity index (χ0n) is 23.0. The lowest BCUT2D eigenvalue weighted by Crippen LogP contribution is -2.42. The molecule has 3 aromatic rings. The summed E-state index contributed by atoms with van der Waals surface area (Å²) in [6.45, 7) is 5.25. The molecule has 1 aromatic carbocycles. The van der Waals surface area contributed by atoms with Crippen molar-refractivity contribution in [2.24, 2.45) is 0 Å². The average Bonchev–Trinajstić information content (AvgIpc) is 3.63. The molecule has 4 rings (SSSR count). The van der Waals surface area contributed by atoms with Crippen LogP contribution in [0.1, 0.15) is 43.4 Å². The van der Waals surface area contributed by atoms with Gasteiger partial charge in [-0.2, -0.15) is 0 Å². The number of nitrogens with zero attached hydrogens (tertiary/aromatic N) is 6. The van der Waals surface area contributed by atoms with Crippen LogP contribution in [0.2, 0.25) is 0 Å². The Bertz CT molecular complexity index is 1300. The number of imidazole rings is 1. The van der Waals surface area contributed by atoms with Crippen LogP contribution in [-0.4, -0.2) is 88.0 Å². The van der Waals surface area contributed by atoms with E-state index in [0.717, 1.165) is 49.8 Å². The summed E-state index contributed by atoms with van der Waals surface area (Å²) in [6, 6.07) is 8.82. The van der Waals surface area contributed by atoms with Crippen molar-refractivity contribution in [3.8, 4) is 0 Å². The minimum atomic E-state index is -2.74. The molecule has 0 unspecified atom stereocenters. The summed E-state index contributed by atoms with van der Waals surface area (Å²) in [5, 5.41) is 33.8. The van der Waals surface area contributed by atoms with Crippen molar-refractivity contribution in [3.05, 3.63) is 72.3 Å². The molecule has 0 spiro atoms. The summed E-state index contributed by atoms with van der Waals surface area (Å²) >= 11 is 0. The molecule has 226 valence electrons. The Morgan fingerprint density at radius 2 is 1.71 bits per heavy atom. The second-order valence-corrected chi connectivity index (χ2v) is 10.0. The molecule has 0 bridgehead atoms. The van der Waals surface area contributed by atoms with Gasteiger partial charge in [-0.3, -0.25) is 14.5 Å². The second-order valence-electron chi connectivity index (χ2n) is 10.0. The van der Waals surface area contributed by atoms with Crippen molar-refractivity contribution >= 4 is 23.9 Å². The molecule has 3 heterocycles. The number of aryl methyl sites for hydroxylation is 1. The van der Waals surface area contributed by atoms with Crippen LogP contribution in [-0.2, 0) is 34.0 Å². The van der Waals surface area contributed by atoms with E-state index in [9.17, 15) is 18.8 Å². The highest BCUT2D eigenvalue weighted by molar-refractivity contribution is 5.88. The maximum Gasteiger partial charge on any atom is 0.336 e. The van der Waals surface area contributed by atoms with E-state index in [4.69, 9.17) is 25.4 Å². The predicted molar refractivity (Wildman–Crippen MR) is 148 cm³/mol. The van der Waals surface area contributed by atoms with Crippen molar-refractivity contribution in [2.75, 3.05) is 24.5 Å². The van der Waals surface area contributed by atoms with Crippen molar-refractivity contribution in [2.45, 2.75) is 57.3 Å². The number of anilines is 1. The van der Waals surface area contributed by atoms with Gasteiger partial charge >= 0.3 is 17.9 Å². The van der Waals surface area contributed by atoms with E-state index in [1.165, 1.54) is 18.9 Å². The predicted octanol–water partition coefficient (Wildman–Crippen LogP) is 2.26. The average molecular weight is 587 g/mol. The molecular formula is C28H35FN6O7.